The van der Waals surface area contributed by atoms with E-state index in [4.69, 9.17) is 5.11 Å². The number of hydrogen-bond acceptors (Lipinski definition) is 7. The first-order chi connectivity index (χ1) is 8.86. The Hall–Kier alpha value is -1.75. The summed E-state index contributed by atoms with van der Waals surface area (Å²) >= 11 is 1.46. The molecule has 2 heterocycles. The van der Waals surface area contributed by atoms with Gasteiger partial charge in [-0.25, -0.2) is 9.78 Å². The van der Waals surface area contributed by atoms with Gasteiger partial charge in [-0.15, -0.1) is 21.5 Å². The second kappa shape index (κ2) is 5.09. The van der Waals surface area contributed by atoms with Crippen molar-refractivity contribution in [1.82, 2.24) is 15.2 Å². The van der Waals surface area contributed by atoms with E-state index in [2.05, 4.69) is 20.5 Å². The van der Waals surface area contributed by atoms with Crippen LogP contribution in [0.5, 0.6) is 0 Å². The van der Waals surface area contributed by atoms with Crippen LogP contribution in [0.25, 0.3) is 0 Å². The van der Waals surface area contributed by atoms with Gasteiger partial charge in [0, 0.05) is 5.38 Å². The molecular weight excluding hydrogens is 305 g/mol. The lowest BCUT2D eigenvalue weighted by atomic mass is 10.5. The van der Waals surface area contributed by atoms with Gasteiger partial charge in [0.15, 0.2) is 5.69 Å². The number of nitrogens with zero attached hydrogens (tertiary/aromatic N) is 3. The van der Waals surface area contributed by atoms with E-state index in [9.17, 15) is 18.0 Å². The van der Waals surface area contributed by atoms with E-state index in [1.165, 1.54) is 5.38 Å². The molecule has 2 rings (SSSR count). The number of thiazole rings is 1. The van der Waals surface area contributed by atoms with Crippen molar-refractivity contribution in [2.24, 2.45) is 0 Å². The largest absolute Gasteiger partial charge is 0.476 e. The molecule has 0 radical (unpaired) electrons. The minimum absolute atomic E-state index is 0.000556. The summed E-state index contributed by atoms with van der Waals surface area (Å²) in [7, 11) is 0. The van der Waals surface area contributed by atoms with Gasteiger partial charge in [0.25, 0.3) is 0 Å². The van der Waals surface area contributed by atoms with E-state index in [-0.39, 0.29) is 17.4 Å². The van der Waals surface area contributed by atoms with Crippen LogP contribution in [0.4, 0.5) is 18.3 Å². The van der Waals surface area contributed by atoms with Gasteiger partial charge in [-0.3, -0.25) is 0 Å². The minimum atomic E-state index is -4.52. The smallest absolute Gasteiger partial charge is 0.445 e. The third-order valence-corrected chi connectivity index (χ3v) is 3.60. The molecule has 0 amide bonds. The van der Waals surface area contributed by atoms with Crippen LogP contribution in [0, 0.1) is 0 Å². The van der Waals surface area contributed by atoms with Crippen molar-refractivity contribution in [3.63, 3.8) is 0 Å². The predicted molar refractivity (Wildman–Crippen MR) is 61.3 cm³/mol. The molecule has 0 saturated carbocycles. The molecule has 6 nitrogen and oxygen atoms in total. The Morgan fingerprint density at radius 1 is 1.42 bits per heavy atom. The lowest BCUT2D eigenvalue weighted by molar-refractivity contribution is -0.138. The number of rotatable bonds is 4. The SMILES string of the molecule is O=C(O)c1csc(CNc2nnc(C(F)(F)F)s2)n1. The first kappa shape index (κ1) is 13.7. The van der Waals surface area contributed by atoms with Crippen molar-refractivity contribution < 1.29 is 23.1 Å². The number of halogens is 3. The fourth-order valence-corrected chi connectivity index (χ4v) is 2.37. The molecule has 0 aromatic carbocycles. The number of carboxylic acid groups (broad SMARTS) is 1. The van der Waals surface area contributed by atoms with Crippen molar-refractivity contribution in [3.05, 3.63) is 21.1 Å². The molecule has 2 aromatic rings. The van der Waals surface area contributed by atoms with Gasteiger partial charge in [-0.05, 0) is 0 Å². The van der Waals surface area contributed by atoms with Crippen LogP contribution in [0.15, 0.2) is 5.38 Å². The van der Waals surface area contributed by atoms with Crippen molar-refractivity contribution in [3.8, 4) is 0 Å². The highest BCUT2D eigenvalue weighted by atomic mass is 32.1. The zero-order chi connectivity index (χ0) is 14.0. The molecule has 11 heteroatoms. The second-order valence-electron chi connectivity index (χ2n) is 3.20. The van der Waals surface area contributed by atoms with Gasteiger partial charge in [0.05, 0.1) is 6.54 Å². The molecule has 0 fully saturated rings. The van der Waals surface area contributed by atoms with E-state index < -0.39 is 17.2 Å². The highest BCUT2D eigenvalue weighted by Gasteiger charge is 2.35. The number of aromatic nitrogens is 3. The fraction of sp³-hybridized carbons (Fsp3) is 0.250. The van der Waals surface area contributed by atoms with Crippen LogP contribution in [-0.4, -0.2) is 26.3 Å². The number of nitrogens with one attached hydrogen (secondary N) is 1. The first-order valence-electron chi connectivity index (χ1n) is 4.68. The van der Waals surface area contributed by atoms with Crippen molar-refractivity contribution >= 4 is 33.8 Å². The zero-order valence-electron chi connectivity index (χ0n) is 8.93. The highest BCUT2D eigenvalue weighted by molar-refractivity contribution is 7.15. The number of carboxylic acids is 1. The van der Waals surface area contributed by atoms with Crippen LogP contribution < -0.4 is 5.32 Å². The molecule has 0 aliphatic heterocycles. The number of aromatic carboxylic acids is 1. The minimum Gasteiger partial charge on any atom is -0.476 e. The van der Waals surface area contributed by atoms with Crippen molar-refractivity contribution in [2.75, 3.05) is 5.32 Å². The van der Waals surface area contributed by atoms with Gasteiger partial charge in [-0.1, -0.05) is 11.3 Å². The molecule has 0 saturated heterocycles. The maximum atomic E-state index is 12.3. The molecule has 2 aromatic heterocycles. The average molecular weight is 310 g/mol. The number of alkyl halides is 3. The first-order valence-corrected chi connectivity index (χ1v) is 6.38. The fourth-order valence-electron chi connectivity index (χ4n) is 1.05. The highest BCUT2D eigenvalue weighted by Crippen LogP contribution is 2.33. The molecule has 0 aliphatic carbocycles. The average Bonchev–Trinajstić information content (AvgIpc) is 2.95. The second-order valence-corrected chi connectivity index (χ2v) is 5.12. The van der Waals surface area contributed by atoms with E-state index >= 15 is 0 Å². The molecule has 0 aliphatic rings. The molecule has 2 N–H and O–H groups in total. The van der Waals surface area contributed by atoms with Gasteiger partial charge >= 0.3 is 12.1 Å². The molecule has 0 atom stereocenters. The standard InChI is InChI=1S/C8H5F3N4O2S2/c9-8(10,11)6-14-15-7(19-6)12-1-4-13-3(2-18-4)5(16)17/h2H,1H2,(H,12,15)(H,16,17). The van der Waals surface area contributed by atoms with E-state index in [1.807, 2.05) is 0 Å². The molecular formula is C8H5F3N4O2S2. The van der Waals surface area contributed by atoms with E-state index in [0.29, 0.717) is 16.3 Å². The van der Waals surface area contributed by atoms with Gasteiger partial charge < -0.3 is 10.4 Å². The zero-order valence-corrected chi connectivity index (χ0v) is 10.6. The molecule has 19 heavy (non-hydrogen) atoms. The van der Waals surface area contributed by atoms with Gasteiger partial charge in [0.2, 0.25) is 10.1 Å². The van der Waals surface area contributed by atoms with Crippen LogP contribution in [0.2, 0.25) is 0 Å². The van der Waals surface area contributed by atoms with Crippen LogP contribution in [0.3, 0.4) is 0 Å². The molecule has 0 unspecified atom stereocenters. The van der Waals surface area contributed by atoms with Crippen molar-refractivity contribution in [2.45, 2.75) is 12.7 Å². The molecule has 102 valence electrons. The lowest BCUT2D eigenvalue weighted by Gasteiger charge is -1.98. The predicted octanol–water partition coefficient (Wildman–Crippen LogP) is 2.32. The summed E-state index contributed by atoms with van der Waals surface area (Å²) in [5, 5.41) is 18.3. The molecule has 0 spiro atoms. The van der Waals surface area contributed by atoms with E-state index in [1.54, 1.807) is 0 Å². The summed E-state index contributed by atoms with van der Waals surface area (Å²) in [6, 6.07) is 0. The lowest BCUT2D eigenvalue weighted by Crippen LogP contribution is -2.03. The van der Waals surface area contributed by atoms with Crippen LogP contribution in [0.1, 0.15) is 20.5 Å². The summed E-state index contributed by atoms with van der Waals surface area (Å²) in [6.45, 7) is 0.0877. The Labute approximate surface area is 111 Å². The maximum absolute atomic E-state index is 12.3. The summed E-state index contributed by atoms with van der Waals surface area (Å²) in [4.78, 5) is 14.4. The summed E-state index contributed by atoms with van der Waals surface area (Å²) in [5.74, 6) is -1.15. The summed E-state index contributed by atoms with van der Waals surface area (Å²) in [5.41, 5.74) is -0.102. The third-order valence-electron chi connectivity index (χ3n) is 1.83. The monoisotopic (exact) mass is 310 g/mol. The summed E-state index contributed by atoms with van der Waals surface area (Å²) < 4.78 is 36.8. The summed E-state index contributed by atoms with van der Waals surface area (Å²) in [6.07, 6.45) is -4.52. The van der Waals surface area contributed by atoms with E-state index in [0.717, 1.165) is 11.3 Å². The Morgan fingerprint density at radius 3 is 2.68 bits per heavy atom. The Morgan fingerprint density at radius 2 is 2.16 bits per heavy atom. The Kier molecular flexibility index (Phi) is 3.66. The Bertz CT molecular complexity index is 595. The number of hydrogen-bond donors (Lipinski definition) is 2. The number of anilines is 1. The van der Waals surface area contributed by atoms with Gasteiger partial charge in [-0.2, -0.15) is 13.2 Å². The normalized spacial score (nSPS) is 11.5. The number of carbonyl (C=O) groups is 1. The van der Waals surface area contributed by atoms with Crippen LogP contribution >= 0.6 is 22.7 Å². The van der Waals surface area contributed by atoms with Crippen LogP contribution in [-0.2, 0) is 12.7 Å². The van der Waals surface area contributed by atoms with Crippen molar-refractivity contribution in [1.29, 1.82) is 0 Å². The topological polar surface area (TPSA) is 88.0 Å². The quantitative estimate of drug-likeness (QED) is 0.901. The molecule has 0 bridgehead atoms. The van der Waals surface area contributed by atoms with Gasteiger partial charge in [0.1, 0.15) is 5.01 Å². The Balaban J connectivity index is 1.98. The maximum Gasteiger partial charge on any atom is 0.445 e. The third kappa shape index (κ3) is 3.38.